The third kappa shape index (κ3) is 2.21. The van der Waals surface area contributed by atoms with Crippen LogP contribution in [-0.4, -0.2) is 51.4 Å². The number of anilines is 2. The molecule has 2 N–H and O–H groups in total. The van der Waals surface area contributed by atoms with E-state index in [-0.39, 0.29) is 11.6 Å². The molecular formula is C17H16N6O3. The zero-order chi connectivity index (χ0) is 17.7. The Kier molecular flexibility index (Phi) is 3.29. The van der Waals surface area contributed by atoms with Crippen molar-refractivity contribution < 1.29 is 14.5 Å². The molecular weight excluding hydrogens is 336 g/mol. The number of carbonyl (C=O) groups is 1. The number of hydrogen-bond donors (Lipinski definition) is 2. The van der Waals surface area contributed by atoms with Gasteiger partial charge >= 0.3 is 0 Å². The molecule has 2 saturated heterocycles. The minimum Gasteiger partial charge on any atom is -0.354 e. The number of rotatable bonds is 3. The van der Waals surface area contributed by atoms with Crippen LogP contribution in [0.1, 0.15) is 16.8 Å². The molecule has 4 heterocycles. The van der Waals surface area contributed by atoms with Crippen LogP contribution < -0.4 is 15.3 Å². The van der Waals surface area contributed by atoms with E-state index in [2.05, 4.69) is 24.9 Å². The van der Waals surface area contributed by atoms with Crippen molar-refractivity contribution in [1.82, 2.24) is 20.6 Å². The number of piperazine rings is 1. The summed E-state index contributed by atoms with van der Waals surface area (Å²) >= 11 is 0. The molecule has 2 fully saturated rings. The van der Waals surface area contributed by atoms with Crippen LogP contribution >= 0.6 is 0 Å². The number of amides is 1. The summed E-state index contributed by atoms with van der Waals surface area (Å²) in [5, 5.41) is 14.0. The lowest BCUT2D eigenvalue weighted by molar-refractivity contribution is 0.0705. The van der Waals surface area contributed by atoms with Crippen molar-refractivity contribution in [3.05, 3.63) is 42.2 Å². The molecule has 132 valence electrons. The van der Waals surface area contributed by atoms with Gasteiger partial charge in [-0.3, -0.25) is 10.0 Å². The van der Waals surface area contributed by atoms with Gasteiger partial charge in [0, 0.05) is 25.5 Å². The van der Waals surface area contributed by atoms with Crippen molar-refractivity contribution in [3.8, 4) is 0 Å². The molecule has 9 heteroatoms. The van der Waals surface area contributed by atoms with Gasteiger partial charge in [0.15, 0.2) is 11.4 Å². The van der Waals surface area contributed by atoms with E-state index in [0.29, 0.717) is 12.0 Å². The first-order chi connectivity index (χ1) is 12.7. The monoisotopic (exact) mass is 352 g/mol. The summed E-state index contributed by atoms with van der Waals surface area (Å²) in [6.45, 7) is 1.61. The molecule has 2 aromatic heterocycles. The first kappa shape index (κ1) is 15.1. The van der Waals surface area contributed by atoms with Crippen LogP contribution in [-0.2, 0) is 0 Å². The molecule has 0 saturated carbocycles. The van der Waals surface area contributed by atoms with Gasteiger partial charge < -0.3 is 14.3 Å². The second kappa shape index (κ2) is 5.67. The molecule has 9 nitrogen and oxygen atoms in total. The van der Waals surface area contributed by atoms with Gasteiger partial charge in [-0.05, 0) is 18.6 Å². The van der Waals surface area contributed by atoms with E-state index in [0.717, 1.165) is 36.3 Å². The second-order valence-electron chi connectivity index (χ2n) is 6.56. The van der Waals surface area contributed by atoms with Gasteiger partial charge in [-0.1, -0.05) is 17.3 Å². The average Bonchev–Trinajstić information content (AvgIpc) is 3.40. The van der Waals surface area contributed by atoms with Crippen LogP contribution in [0, 0.1) is 0 Å². The molecule has 0 spiro atoms. The third-order valence-electron chi connectivity index (χ3n) is 5.13. The van der Waals surface area contributed by atoms with Crippen molar-refractivity contribution >= 4 is 28.6 Å². The zero-order valence-electron chi connectivity index (χ0n) is 13.7. The first-order valence-electron chi connectivity index (χ1n) is 8.39. The Labute approximate surface area is 148 Å². The SMILES string of the molecule is O=C(NO)c1cnc(N2C[C@H]3C[C@@H]2CN3c2noc3ccccc23)nc1. The van der Waals surface area contributed by atoms with E-state index in [1.807, 2.05) is 24.3 Å². The highest BCUT2D eigenvalue weighted by Crippen LogP contribution is 2.38. The minimum absolute atomic E-state index is 0.219. The van der Waals surface area contributed by atoms with E-state index in [1.165, 1.54) is 12.4 Å². The van der Waals surface area contributed by atoms with Crippen LogP contribution in [0.25, 0.3) is 11.0 Å². The molecule has 2 atom stereocenters. The first-order valence-corrected chi connectivity index (χ1v) is 8.39. The van der Waals surface area contributed by atoms with Crippen LogP contribution in [0.15, 0.2) is 41.2 Å². The number of fused-ring (bicyclic) bond motifs is 3. The summed E-state index contributed by atoms with van der Waals surface area (Å²) < 4.78 is 5.44. The number of carbonyl (C=O) groups excluding carboxylic acids is 1. The molecule has 2 aliphatic rings. The van der Waals surface area contributed by atoms with Crippen molar-refractivity contribution in [2.75, 3.05) is 22.9 Å². The molecule has 0 radical (unpaired) electrons. The Hall–Kier alpha value is -3.20. The second-order valence-corrected chi connectivity index (χ2v) is 6.56. The summed E-state index contributed by atoms with van der Waals surface area (Å²) in [5.74, 6) is 0.865. The number of hydrogen-bond acceptors (Lipinski definition) is 8. The highest BCUT2D eigenvalue weighted by atomic mass is 16.5. The summed E-state index contributed by atoms with van der Waals surface area (Å²) in [6, 6.07) is 8.48. The van der Waals surface area contributed by atoms with Crippen molar-refractivity contribution in [2.24, 2.45) is 0 Å². The maximum absolute atomic E-state index is 11.4. The molecule has 1 aromatic carbocycles. The molecule has 2 bridgehead atoms. The lowest BCUT2D eigenvalue weighted by Gasteiger charge is -2.34. The maximum atomic E-state index is 11.4. The third-order valence-corrected chi connectivity index (χ3v) is 5.13. The lowest BCUT2D eigenvalue weighted by atomic mass is 10.2. The smallest absolute Gasteiger partial charge is 0.277 e. The average molecular weight is 352 g/mol. The minimum atomic E-state index is -0.622. The van der Waals surface area contributed by atoms with E-state index in [4.69, 9.17) is 9.73 Å². The maximum Gasteiger partial charge on any atom is 0.277 e. The highest BCUT2D eigenvalue weighted by Gasteiger charge is 2.45. The normalized spacial score (nSPS) is 21.6. The molecule has 0 aliphatic carbocycles. The van der Waals surface area contributed by atoms with Gasteiger partial charge in [0.05, 0.1) is 23.0 Å². The van der Waals surface area contributed by atoms with Crippen LogP contribution in [0.3, 0.4) is 0 Å². The van der Waals surface area contributed by atoms with Crippen molar-refractivity contribution in [3.63, 3.8) is 0 Å². The van der Waals surface area contributed by atoms with Crippen molar-refractivity contribution in [1.29, 1.82) is 0 Å². The van der Waals surface area contributed by atoms with E-state index in [9.17, 15) is 4.79 Å². The summed E-state index contributed by atoms with van der Waals surface area (Å²) in [5.41, 5.74) is 2.59. The molecule has 3 aromatic rings. The van der Waals surface area contributed by atoms with Gasteiger partial charge in [0.25, 0.3) is 5.91 Å². The predicted octanol–water partition coefficient (Wildman–Crippen LogP) is 1.20. The van der Waals surface area contributed by atoms with Gasteiger partial charge in [-0.2, -0.15) is 0 Å². The summed E-state index contributed by atoms with van der Waals surface area (Å²) in [7, 11) is 0. The Morgan fingerprint density at radius 3 is 2.62 bits per heavy atom. The fraction of sp³-hybridized carbons (Fsp3) is 0.294. The van der Waals surface area contributed by atoms with Gasteiger partial charge in [-0.15, -0.1) is 0 Å². The van der Waals surface area contributed by atoms with E-state index in [1.54, 1.807) is 5.48 Å². The number of nitrogens with one attached hydrogen (secondary N) is 1. The van der Waals surface area contributed by atoms with Gasteiger partial charge in [0.1, 0.15) is 0 Å². The Balaban J connectivity index is 1.36. The van der Waals surface area contributed by atoms with E-state index >= 15 is 0 Å². The Bertz CT molecular complexity index is 972. The Morgan fingerprint density at radius 1 is 1.15 bits per heavy atom. The van der Waals surface area contributed by atoms with Crippen LogP contribution in [0.2, 0.25) is 0 Å². The fourth-order valence-electron chi connectivity index (χ4n) is 3.90. The molecule has 26 heavy (non-hydrogen) atoms. The van der Waals surface area contributed by atoms with Crippen LogP contribution in [0.5, 0.6) is 0 Å². The number of benzene rings is 1. The predicted molar refractivity (Wildman–Crippen MR) is 92.2 cm³/mol. The van der Waals surface area contributed by atoms with Gasteiger partial charge in [-0.25, -0.2) is 15.4 Å². The summed E-state index contributed by atoms with van der Waals surface area (Å²) in [6.07, 6.45) is 3.84. The summed E-state index contributed by atoms with van der Waals surface area (Å²) in [4.78, 5) is 24.4. The number of aromatic nitrogens is 3. The highest BCUT2D eigenvalue weighted by molar-refractivity contribution is 5.92. The lowest BCUT2D eigenvalue weighted by Crippen LogP contribution is -2.47. The van der Waals surface area contributed by atoms with E-state index < -0.39 is 5.91 Å². The molecule has 2 aliphatic heterocycles. The number of para-hydroxylation sites is 1. The quantitative estimate of drug-likeness (QED) is 0.535. The Morgan fingerprint density at radius 2 is 1.88 bits per heavy atom. The molecule has 5 rings (SSSR count). The molecule has 0 unspecified atom stereocenters. The van der Waals surface area contributed by atoms with Crippen molar-refractivity contribution in [2.45, 2.75) is 18.5 Å². The largest absolute Gasteiger partial charge is 0.354 e. The topological polar surface area (TPSA) is 108 Å². The standard InChI is InChI=1S/C17H16N6O3/c24-16(20-25)10-6-18-17(19-7-10)23-9-11-5-12(23)8-22(11)15-13-3-1-2-4-14(13)26-21-15/h1-4,6-7,11-12,25H,5,8-9H2,(H,20,24)/t11-,12-/m1/s1. The number of nitrogens with zero attached hydrogens (tertiary/aromatic N) is 5. The zero-order valence-corrected chi connectivity index (χ0v) is 13.7. The molecule has 1 amide bonds. The fourth-order valence-corrected chi connectivity index (χ4v) is 3.90. The number of hydroxylamine groups is 1. The van der Waals surface area contributed by atoms with Crippen LogP contribution in [0.4, 0.5) is 11.8 Å². The van der Waals surface area contributed by atoms with Gasteiger partial charge in [0.2, 0.25) is 5.95 Å².